The van der Waals surface area contributed by atoms with Crippen LogP contribution >= 0.6 is 23.2 Å². The number of rotatable bonds is 2. The number of nitrogens with zero attached hydrogens (tertiary/aromatic N) is 2. The van der Waals surface area contributed by atoms with E-state index >= 15 is 0 Å². The first-order valence-electron chi connectivity index (χ1n) is 5.06. The van der Waals surface area contributed by atoms with Crippen LogP contribution in [0, 0.1) is 11.3 Å². The van der Waals surface area contributed by atoms with Crippen molar-refractivity contribution in [3.63, 3.8) is 0 Å². The summed E-state index contributed by atoms with van der Waals surface area (Å²) < 4.78 is 1.93. The molecule has 0 N–H and O–H groups in total. The van der Waals surface area contributed by atoms with E-state index < -0.39 is 0 Å². The second kappa shape index (κ2) is 4.37. The Bertz CT molecular complexity index is 579. The lowest BCUT2D eigenvalue weighted by Gasteiger charge is -2.04. The van der Waals surface area contributed by atoms with Gasteiger partial charge in [0, 0.05) is 17.0 Å². The maximum atomic E-state index is 9.09. The Morgan fingerprint density at radius 3 is 2.75 bits per heavy atom. The lowest BCUT2D eigenvalue weighted by atomic mass is 10.2. The van der Waals surface area contributed by atoms with Gasteiger partial charge in [-0.3, -0.25) is 0 Å². The van der Waals surface area contributed by atoms with Gasteiger partial charge in [-0.2, -0.15) is 5.26 Å². The van der Waals surface area contributed by atoms with Gasteiger partial charge in [0.05, 0.1) is 11.1 Å². The zero-order chi connectivity index (χ0) is 11.7. The van der Waals surface area contributed by atoms with Crippen LogP contribution in [0.2, 0.25) is 10.2 Å². The minimum Gasteiger partial charge on any atom is -0.330 e. The van der Waals surface area contributed by atoms with Crippen molar-refractivity contribution in [2.45, 2.75) is 19.9 Å². The molecule has 1 heterocycles. The summed E-state index contributed by atoms with van der Waals surface area (Å²) in [6.45, 7) is 2.86. The van der Waals surface area contributed by atoms with Crippen LogP contribution in [0.25, 0.3) is 10.9 Å². The Balaban J connectivity index is 2.82. The highest BCUT2D eigenvalue weighted by molar-refractivity contribution is 6.33. The summed E-state index contributed by atoms with van der Waals surface area (Å²) in [6.07, 6.45) is 0.959. The van der Waals surface area contributed by atoms with Crippen LogP contribution in [0.1, 0.15) is 18.9 Å². The Morgan fingerprint density at radius 2 is 2.12 bits per heavy atom. The molecule has 4 heteroatoms. The molecule has 0 saturated heterocycles. The van der Waals surface area contributed by atoms with Crippen LogP contribution in [0.4, 0.5) is 0 Å². The van der Waals surface area contributed by atoms with Crippen molar-refractivity contribution >= 4 is 34.1 Å². The van der Waals surface area contributed by atoms with Crippen LogP contribution in [0.3, 0.4) is 0 Å². The molecule has 0 radical (unpaired) electrons. The average molecular weight is 253 g/mol. The number of benzene rings is 1. The Morgan fingerprint density at radius 1 is 1.38 bits per heavy atom. The molecule has 0 atom stereocenters. The molecule has 0 aliphatic heterocycles. The second-order valence-corrected chi connectivity index (χ2v) is 4.39. The van der Waals surface area contributed by atoms with E-state index in [1.54, 1.807) is 6.07 Å². The third kappa shape index (κ3) is 1.67. The van der Waals surface area contributed by atoms with Gasteiger partial charge < -0.3 is 4.57 Å². The summed E-state index contributed by atoms with van der Waals surface area (Å²) in [4.78, 5) is 0. The number of aromatic nitrogens is 1. The predicted molar refractivity (Wildman–Crippen MR) is 67.0 cm³/mol. The van der Waals surface area contributed by atoms with Crippen LogP contribution in [-0.2, 0) is 6.54 Å². The van der Waals surface area contributed by atoms with E-state index in [0.717, 1.165) is 23.9 Å². The van der Waals surface area contributed by atoms with Gasteiger partial charge in [0.25, 0.3) is 0 Å². The zero-order valence-corrected chi connectivity index (χ0v) is 10.3. The van der Waals surface area contributed by atoms with E-state index in [9.17, 15) is 0 Å². The molecule has 1 aromatic carbocycles. The molecule has 2 aromatic rings. The summed E-state index contributed by atoms with van der Waals surface area (Å²) in [5.74, 6) is 0. The normalized spacial score (nSPS) is 10.6. The quantitative estimate of drug-likeness (QED) is 0.787. The van der Waals surface area contributed by atoms with E-state index in [-0.39, 0.29) is 0 Å². The summed E-state index contributed by atoms with van der Waals surface area (Å²) in [5, 5.41) is 11.1. The number of nitriles is 1. The number of aryl methyl sites for hydroxylation is 1. The van der Waals surface area contributed by atoms with Crippen LogP contribution < -0.4 is 0 Å². The molecule has 0 fully saturated rings. The molecule has 82 valence electrons. The molecule has 0 bridgehead atoms. The van der Waals surface area contributed by atoms with E-state index in [0.29, 0.717) is 15.7 Å². The minimum absolute atomic E-state index is 0.501. The smallest absolute Gasteiger partial charge is 0.128 e. The number of halogens is 2. The fourth-order valence-electron chi connectivity index (χ4n) is 1.84. The SMILES string of the molecule is CCCn1c(Cl)c(C#N)c2ccc(Cl)cc21. The van der Waals surface area contributed by atoms with Crippen molar-refractivity contribution in [3.05, 3.63) is 33.9 Å². The summed E-state index contributed by atoms with van der Waals surface area (Å²) in [6, 6.07) is 7.60. The topological polar surface area (TPSA) is 28.7 Å². The fourth-order valence-corrected chi connectivity index (χ4v) is 2.33. The van der Waals surface area contributed by atoms with Crippen LogP contribution in [-0.4, -0.2) is 4.57 Å². The molecule has 0 amide bonds. The molecule has 0 aliphatic rings. The predicted octanol–water partition coefficient (Wildman–Crippen LogP) is 4.23. The first kappa shape index (κ1) is 11.3. The van der Waals surface area contributed by atoms with E-state index in [1.807, 2.05) is 16.7 Å². The summed E-state index contributed by atoms with van der Waals surface area (Å²) >= 11 is 12.1. The largest absolute Gasteiger partial charge is 0.330 e. The Labute approximate surface area is 104 Å². The molecule has 2 rings (SSSR count). The van der Waals surface area contributed by atoms with Crippen LogP contribution in [0.15, 0.2) is 18.2 Å². The van der Waals surface area contributed by atoms with Crippen molar-refractivity contribution < 1.29 is 0 Å². The summed E-state index contributed by atoms with van der Waals surface area (Å²) in [5.41, 5.74) is 1.46. The lowest BCUT2D eigenvalue weighted by molar-refractivity contribution is 0.704. The molecule has 0 saturated carbocycles. The van der Waals surface area contributed by atoms with Gasteiger partial charge in [-0.25, -0.2) is 0 Å². The molecule has 1 aromatic heterocycles. The second-order valence-electron chi connectivity index (χ2n) is 3.59. The fraction of sp³-hybridized carbons (Fsp3) is 0.250. The highest BCUT2D eigenvalue weighted by Crippen LogP contribution is 2.31. The first-order valence-corrected chi connectivity index (χ1v) is 5.82. The van der Waals surface area contributed by atoms with Gasteiger partial charge in [0.15, 0.2) is 0 Å². The maximum absolute atomic E-state index is 9.09. The first-order chi connectivity index (χ1) is 7.69. The van der Waals surface area contributed by atoms with Crippen molar-refractivity contribution in [2.75, 3.05) is 0 Å². The highest BCUT2D eigenvalue weighted by Gasteiger charge is 2.14. The Hall–Kier alpha value is -1.17. The van der Waals surface area contributed by atoms with Gasteiger partial charge in [-0.15, -0.1) is 0 Å². The molecule has 0 aliphatic carbocycles. The van der Waals surface area contributed by atoms with E-state index in [1.165, 1.54) is 0 Å². The molecule has 16 heavy (non-hydrogen) atoms. The van der Waals surface area contributed by atoms with E-state index in [2.05, 4.69) is 13.0 Å². The molecule has 2 nitrogen and oxygen atoms in total. The molecule has 0 spiro atoms. The zero-order valence-electron chi connectivity index (χ0n) is 8.80. The molecular weight excluding hydrogens is 243 g/mol. The highest BCUT2D eigenvalue weighted by atomic mass is 35.5. The monoisotopic (exact) mass is 252 g/mol. The van der Waals surface area contributed by atoms with Gasteiger partial charge in [0.2, 0.25) is 0 Å². The van der Waals surface area contributed by atoms with Crippen molar-refractivity contribution in [3.8, 4) is 6.07 Å². The van der Waals surface area contributed by atoms with Crippen molar-refractivity contribution in [2.24, 2.45) is 0 Å². The van der Waals surface area contributed by atoms with Crippen molar-refractivity contribution in [1.82, 2.24) is 4.57 Å². The lowest BCUT2D eigenvalue weighted by Crippen LogP contribution is -1.96. The van der Waals surface area contributed by atoms with E-state index in [4.69, 9.17) is 28.5 Å². The molecule has 0 unspecified atom stereocenters. The number of fused-ring (bicyclic) bond motifs is 1. The summed E-state index contributed by atoms with van der Waals surface area (Å²) in [7, 11) is 0. The number of hydrogen-bond donors (Lipinski definition) is 0. The maximum Gasteiger partial charge on any atom is 0.128 e. The van der Waals surface area contributed by atoms with Gasteiger partial charge >= 0.3 is 0 Å². The standard InChI is InChI=1S/C12H10Cl2N2/c1-2-5-16-11-6-8(13)3-4-9(11)10(7-15)12(16)14/h3-4,6H,2,5H2,1H3. The average Bonchev–Trinajstić information content (AvgIpc) is 2.52. The van der Waals surface area contributed by atoms with Crippen molar-refractivity contribution in [1.29, 1.82) is 5.26 Å². The Kier molecular flexibility index (Phi) is 3.09. The number of hydrogen-bond acceptors (Lipinski definition) is 1. The molecular formula is C12H10Cl2N2. The third-order valence-corrected chi connectivity index (χ3v) is 3.15. The van der Waals surface area contributed by atoms with Gasteiger partial charge in [-0.05, 0) is 24.6 Å². The van der Waals surface area contributed by atoms with Gasteiger partial charge in [-0.1, -0.05) is 30.1 Å². The third-order valence-electron chi connectivity index (χ3n) is 2.52. The van der Waals surface area contributed by atoms with Gasteiger partial charge in [0.1, 0.15) is 11.2 Å². The van der Waals surface area contributed by atoms with Crippen LogP contribution in [0.5, 0.6) is 0 Å². The minimum atomic E-state index is 0.501.